The molecule has 0 aliphatic rings. The van der Waals surface area contributed by atoms with E-state index in [-0.39, 0.29) is 29.9 Å². The first kappa shape index (κ1) is 23.2. The van der Waals surface area contributed by atoms with Crippen molar-refractivity contribution in [2.45, 2.75) is 96.8 Å². The molecule has 0 fully saturated rings. The van der Waals surface area contributed by atoms with E-state index in [1.807, 2.05) is 0 Å². The Balaban J connectivity index is 0. The highest BCUT2D eigenvalue weighted by molar-refractivity contribution is 14.0. The van der Waals surface area contributed by atoms with E-state index in [1.54, 1.807) is 0 Å². The van der Waals surface area contributed by atoms with Crippen LogP contribution >= 0.6 is 24.0 Å². The highest BCUT2D eigenvalue weighted by Crippen LogP contribution is 2.09. The Bertz CT molecular complexity index is 241. The van der Waals surface area contributed by atoms with Crippen LogP contribution in [0, 0.1) is 0 Å². The summed E-state index contributed by atoms with van der Waals surface area (Å²) < 4.78 is 0. The summed E-state index contributed by atoms with van der Waals surface area (Å²) in [5, 5.41) is 0. The molecular formula is C18H36INO. The summed E-state index contributed by atoms with van der Waals surface area (Å²) in [7, 11) is 0. The minimum absolute atomic E-state index is 0. The number of unbranched alkanes of at least 4 members (excludes halogenated alkanes) is 11. The second-order valence-corrected chi connectivity index (χ2v) is 5.80. The Kier molecular flexibility index (Phi) is 22.0. The van der Waals surface area contributed by atoms with Gasteiger partial charge in [-0.05, 0) is 32.1 Å². The minimum Gasteiger partial charge on any atom is -0.370 e. The Morgan fingerprint density at radius 3 is 1.67 bits per heavy atom. The van der Waals surface area contributed by atoms with Crippen LogP contribution in [0.25, 0.3) is 0 Å². The maximum Gasteiger partial charge on any atom is 0.217 e. The average molecular weight is 409 g/mol. The van der Waals surface area contributed by atoms with Gasteiger partial charge >= 0.3 is 0 Å². The molecule has 0 rings (SSSR count). The summed E-state index contributed by atoms with van der Waals surface area (Å²) in [5.74, 6) is -0.164. The van der Waals surface area contributed by atoms with Gasteiger partial charge in [0, 0.05) is 6.42 Å². The number of halogens is 1. The van der Waals surface area contributed by atoms with Gasteiger partial charge in [0.1, 0.15) is 0 Å². The summed E-state index contributed by atoms with van der Waals surface area (Å²) >= 11 is 0. The third-order valence-corrected chi connectivity index (χ3v) is 3.68. The predicted molar refractivity (Wildman–Crippen MR) is 104 cm³/mol. The first-order chi connectivity index (χ1) is 9.77. The van der Waals surface area contributed by atoms with E-state index in [4.69, 9.17) is 5.73 Å². The molecule has 0 radical (unpaired) electrons. The average Bonchev–Trinajstić information content (AvgIpc) is 2.43. The minimum atomic E-state index is -0.164. The Hall–Kier alpha value is -0.0600. The molecule has 126 valence electrons. The van der Waals surface area contributed by atoms with Crippen molar-refractivity contribution in [1.29, 1.82) is 0 Å². The van der Waals surface area contributed by atoms with Crippen LogP contribution in [0.1, 0.15) is 96.8 Å². The van der Waals surface area contributed by atoms with Crippen LogP contribution in [-0.4, -0.2) is 5.91 Å². The van der Waals surface area contributed by atoms with Crippen LogP contribution in [0.2, 0.25) is 0 Å². The molecule has 0 heterocycles. The highest BCUT2D eigenvalue weighted by Gasteiger charge is 1.94. The molecule has 0 aliphatic heterocycles. The molecule has 0 unspecified atom stereocenters. The van der Waals surface area contributed by atoms with E-state index >= 15 is 0 Å². The molecule has 0 saturated heterocycles. The topological polar surface area (TPSA) is 43.1 Å². The van der Waals surface area contributed by atoms with Crippen molar-refractivity contribution < 1.29 is 4.79 Å². The van der Waals surface area contributed by atoms with Crippen molar-refractivity contribution in [3.05, 3.63) is 12.2 Å². The van der Waals surface area contributed by atoms with E-state index in [9.17, 15) is 4.79 Å². The van der Waals surface area contributed by atoms with Gasteiger partial charge in [-0.3, -0.25) is 4.79 Å². The number of amides is 1. The van der Waals surface area contributed by atoms with Crippen LogP contribution in [0.5, 0.6) is 0 Å². The molecule has 21 heavy (non-hydrogen) atoms. The van der Waals surface area contributed by atoms with Gasteiger partial charge in [-0.2, -0.15) is 0 Å². The van der Waals surface area contributed by atoms with Crippen LogP contribution in [-0.2, 0) is 4.79 Å². The fourth-order valence-electron chi connectivity index (χ4n) is 2.37. The zero-order valence-electron chi connectivity index (χ0n) is 13.9. The number of hydrogen-bond acceptors (Lipinski definition) is 1. The lowest BCUT2D eigenvalue weighted by Gasteiger charge is -1.99. The molecule has 0 atom stereocenters. The van der Waals surface area contributed by atoms with Crippen molar-refractivity contribution >= 4 is 29.9 Å². The van der Waals surface area contributed by atoms with E-state index < -0.39 is 0 Å². The fraction of sp³-hybridized carbons (Fsp3) is 0.833. The molecule has 2 nitrogen and oxygen atoms in total. The van der Waals surface area contributed by atoms with Crippen molar-refractivity contribution in [2.24, 2.45) is 5.73 Å². The van der Waals surface area contributed by atoms with Crippen LogP contribution in [0.3, 0.4) is 0 Å². The molecule has 1 amide bonds. The molecule has 0 bridgehead atoms. The Labute approximate surface area is 149 Å². The molecule has 0 aromatic carbocycles. The van der Waals surface area contributed by atoms with E-state index in [0.717, 1.165) is 12.8 Å². The maximum absolute atomic E-state index is 10.5. The Morgan fingerprint density at radius 2 is 1.19 bits per heavy atom. The third-order valence-electron chi connectivity index (χ3n) is 3.68. The first-order valence-electron chi connectivity index (χ1n) is 8.70. The van der Waals surface area contributed by atoms with Gasteiger partial charge in [-0.1, -0.05) is 70.4 Å². The van der Waals surface area contributed by atoms with Gasteiger partial charge in [0.05, 0.1) is 0 Å². The number of hydrogen-bond donors (Lipinski definition) is 1. The maximum atomic E-state index is 10.5. The van der Waals surface area contributed by atoms with Gasteiger partial charge < -0.3 is 5.73 Å². The molecular weight excluding hydrogens is 373 g/mol. The highest BCUT2D eigenvalue weighted by atomic mass is 127. The molecule has 3 heteroatoms. The van der Waals surface area contributed by atoms with E-state index in [1.165, 1.54) is 70.6 Å². The monoisotopic (exact) mass is 409 g/mol. The lowest BCUT2D eigenvalue weighted by Crippen LogP contribution is -2.09. The fourth-order valence-corrected chi connectivity index (χ4v) is 2.37. The number of nitrogens with two attached hydrogens (primary N) is 1. The largest absolute Gasteiger partial charge is 0.370 e. The Morgan fingerprint density at radius 1 is 0.762 bits per heavy atom. The smallest absolute Gasteiger partial charge is 0.217 e. The van der Waals surface area contributed by atoms with Crippen LogP contribution in [0.15, 0.2) is 12.2 Å². The summed E-state index contributed by atoms with van der Waals surface area (Å²) in [6, 6.07) is 0. The molecule has 0 aliphatic carbocycles. The molecule has 0 aromatic rings. The number of rotatable bonds is 15. The third kappa shape index (κ3) is 22.4. The second-order valence-electron chi connectivity index (χ2n) is 5.80. The summed E-state index contributed by atoms with van der Waals surface area (Å²) in [5.41, 5.74) is 5.10. The first-order valence-corrected chi connectivity index (χ1v) is 8.70. The van der Waals surface area contributed by atoms with Gasteiger partial charge in [-0.15, -0.1) is 24.0 Å². The molecule has 0 spiro atoms. The van der Waals surface area contributed by atoms with E-state index in [2.05, 4.69) is 19.1 Å². The number of primary amides is 1. The van der Waals surface area contributed by atoms with Crippen molar-refractivity contribution in [2.75, 3.05) is 0 Å². The summed E-state index contributed by atoms with van der Waals surface area (Å²) in [4.78, 5) is 10.5. The van der Waals surface area contributed by atoms with Gasteiger partial charge in [0.2, 0.25) is 5.91 Å². The lowest BCUT2D eigenvalue weighted by molar-refractivity contribution is -0.118. The van der Waals surface area contributed by atoms with Gasteiger partial charge in [-0.25, -0.2) is 0 Å². The molecule has 0 saturated carbocycles. The standard InChI is InChI=1S/C18H35NO.HI/c1-2-3-4-5-6-7-8-9-10-11-12-13-14-15-16-17-18(19)20;/h9-10H,2-8,11-17H2,1H3,(H2,19,20);1H. The van der Waals surface area contributed by atoms with Crippen molar-refractivity contribution in [3.8, 4) is 0 Å². The zero-order chi connectivity index (χ0) is 14.9. The quantitative estimate of drug-likeness (QED) is 0.197. The van der Waals surface area contributed by atoms with Crippen molar-refractivity contribution in [3.63, 3.8) is 0 Å². The number of carbonyl (C=O) groups excluding carboxylic acids is 1. The lowest BCUT2D eigenvalue weighted by atomic mass is 10.1. The molecule has 0 aromatic heterocycles. The summed E-state index contributed by atoms with van der Waals surface area (Å²) in [6.07, 6.45) is 21.9. The predicted octanol–water partition coefficient (Wildman–Crippen LogP) is 6.13. The number of carbonyl (C=O) groups is 1. The second kappa shape index (κ2) is 19.9. The normalized spacial score (nSPS) is 10.7. The van der Waals surface area contributed by atoms with Gasteiger partial charge in [0.25, 0.3) is 0 Å². The number of allylic oxidation sites excluding steroid dienone is 2. The van der Waals surface area contributed by atoms with E-state index in [0.29, 0.717) is 6.42 Å². The zero-order valence-corrected chi connectivity index (χ0v) is 16.3. The van der Waals surface area contributed by atoms with Crippen molar-refractivity contribution in [1.82, 2.24) is 0 Å². The SMILES string of the molecule is CCCCCCCCC=CCCCCCCCC(N)=O.I. The van der Waals surface area contributed by atoms with Gasteiger partial charge in [0.15, 0.2) is 0 Å². The molecule has 2 N–H and O–H groups in total. The van der Waals surface area contributed by atoms with Crippen LogP contribution in [0.4, 0.5) is 0 Å². The van der Waals surface area contributed by atoms with Crippen LogP contribution < -0.4 is 5.73 Å². The summed E-state index contributed by atoms with van der Waals surface area (Å²) in [6.45, 7) is 2.26.